The third kappa shape index (κ3) is 6.16. The number of carbonyl (C=O) groups excluding carboxylic acids is 5. The van der Waals surface area contributed by atoms with Gasteiger partial charge in [-0.3, -0.25) is 34.3 Å². The fourth-order valence-electron chi connectivity index (χ4n) is 5.48. The first-order valence-electron chi connectivity index (χ1n) is 13.6. The number of pyridine rings is 1. The molecule has 0 aliphatic carbocycles. The zero-order chi connectivity index (χ0) is 28.9. The highest BCUT2D eigenvalue weighted by molar-refractivity contribution is 6.05. The van der Waals surface area contributed by atoms with Gasteiger partial charge in [-0.2, -0.15) is 0 Å². The van der Waals surface area contributed by atoms with Crippen LogP contribution in [0.4, 0.5) is 5.69 Å². The van der Waals surface area contributed by atoms with Gasteiger partial charge in [-0.25, -0.2) is 0 Å². The quantitative estimate of drug-likeness (QED) is 0.349. The summed E-state index contributed by atoms with van der Waals surface area (Å²) in [6, 6.07) is 15.2. The topological polar surface area (TPSA) is 138 Å². The van der Waals surface area contributed by atoms with Crippen LogP contribution in [0.15, 0.2) is 67.0 Å². The number of nitrogens with one attached hydrogen (secondary N) is 3. The van der Waals surface area contributed by atoms with Crippen LogP contribution in [-0.4, -0.2) is 51.5 Å². The lowest BCUT2D eigenvalue weighted by Gasteiger charge is -2.29. The molecule has 0 spiro atoms. The van der Waals surface area contributed by atoms with Gasteiger partial charge in [0.05, 0.1) is 0 Å². The lowest BCUT2D eigenvalue weighted by molar-refractivity contribution is -0.137. The minimum absolute atomic E-state index is 0.197. The molecule has 3 heterocycles. The molecule has 2 atom stereocenters. The Bertz CT molecular complexity index is 1510. The Balaban J connectivity index is 1.26. The van der Waals surface area contributed by atoms with E-state index in [1.807, 2.05) is 48.5 Å². The van der Waals surface area contributed by atoms with Gasteiger partial charge in [0.25, 0.3) is 5.91 Å². The first kappa shape index (κ1) is 27.7. The second-order valence-electron chi connectivity index (χ2n) is 10.3. The molecule has 2 aromatic carbocycles. The van der Waals surface area contributed by atoms with E-state index in [4.69, 9.17) is 0 Å². The number of benzene rings is 2. The van der Waals surface area contributed by atoms with E-state index in [2.05, 4.69) is 20.9 Å². The average molecular weight is 554 g/mol. The average Bonchev–Trinajstić information content (AvgIpc) is 3.29. The van der Waals surface area contributed by atoms with Gasteiger partial charge in [-0.1, -0.05) is 36.4 Å². The largest absolute Gasteiger partial charge is 0.345 e. The molecule has 5 rings (SSSR count). The lowest BCUT2D eigenvalue weighted by Crippen LogP contribution is -2.52. The summed E-state index contributed by atoms with van der Waals surface area (Å²) in [6.07, 6.45) is 5.44. The van der Waals surface area contributed by atoms with Crippen molar-refractivity contribution in [3.05, 3.63) is 83.7 Å². The van der Waals surface area contributed by atoms with E-state index >= 15 is 0 Å². The van der Waals surface area contributed by atoms with Crippen LogP contribution in [0.25, 0.3) is 11.1 Å². The van der Waals surface area contributed by atoms with Crippen molar-refractivity contribution in [3.63, 3.8) is 0 Å². The zero-order valence-electron chi connectivity index (χ0n) is 22.7. The molecule has 3 aromatic rings. The Hall–Kier alpha value is -4.86. The van der Waals surface area contributed by atoms with Gasteiger partial charge in [0.1, 0.15) is 12.1 Å². The van der Waals surface area contributed by atoms with E-state index < -0.39 is 18.0 Å². The molecule has 1 saturated heterocycles. The van der Waals surface area contributed by atoms with E-state index in [9.17, 15) is 24.0 Å². The number of aromatic nitrogens is 1. The normalized spacial score (nSPS) is 17.0. The Morgan fingerprint density at radius 3 is 2.61 bits per heavy atom. The summed E-state index contributed by atoms with van der Waals surface area (Å²) in [4.78, 5) is 68.1. The van der Waals surface area contributed by atoms with E-state index in [-0.39, 0.29) is 36.6 Å². The predicted octanol–water partition coefficient (Wildman–Crippen LogP) is 2.98. The molecule has 0 saturated carbocycles. The van der Waals surface area contributed by atoms with Gasteiger partial charge >= 0.3 is 0 Å². The van der Waals surface area contributed by atoms with Gasteiger partial charge in [-0.05, 0) is 55.0 Å². The van der Waals surface area contributed by atoms with Crippen molar-refractivity contribution < 1.29 is 24.0 Å². The van der Waals surface area contributed by atoms with Crippen LogP contribution in [-0.2, 0) is 32.1 Å². The summed E-state index contributed by atoms with van der Waals surface area (Å²) in [6.45, 7) is 1.67. The van der Waals surface area contributed by atoms with Crippen LogP contribution < -0.4 is 16.0 Å². The van der Waals surface area contributed by atoms with Crippen LogP contribution in [0.2, 0.25) is 0 Å². The highest BCUT2D eigenvalue weighted by Crippen LogP contribution is 2.31. The summed E-state index contributed by atoms with van der Waals surface area (Å²) in [5, 5.41) is 8.05. The minimum atomic E-state index is -0.757. The first-order chi connectivity index (χ1) is 19.8. The summed E-state index contributed by atoms with van der Waals surface area (Å²) in [7, 11) is 0. The second-order valence-corrected chi connectivity index (χ2v) is 10.3. The van der Waals surface area contributed by atoms with Crippen LogP contribution in [0.3, 0.4) is 0 Å². The molecule has 0 radical (unpaired) electrons. The van der Waals surface area contributed by atoms with Crippen molar-refractivity contribution in [1.82, 2.24) is 20.5 Å². The van der Waals surface area contributed by atoms with Crippen molar-refractivity contribution in [3.8, 4) is 11.1 Å². The Morgan fingerprint density at radius 2 is 1.85 bits per heavy atom. The minimum Gasteiger partial charge on any atom is -0.345 e. The Morgan fingerprint density at radius 1 is 1.05 bits per heavy atom. The number of amides is 5. The maximum atomic E-state index is 13.3. The van der Waals surface area contributed by atoms with E-state index in [1.165, 1.54) is 11.8 Å². The number of aryl methyl sites for hydroxylation is 1. The molecule has 1 fully saturated rings. The highest BCUT2D eigenvalue weighted by Gasteiger charge is 2.39. The smallest absolute Gasteiger partial charge is 0.255 e. The number of nitrogens with zero attached hydrogens (tertiary/aromatic N) is 2. The van der Waals surface area contributed by atoms with Crippen molar-refractivity contribution >= 4 is 35.2 Å². The zero-order valence-corrected chi connectivity index (χ0v) is 22.7. The van der Waals surface area contributed by atoms with Crippen LogP contribution in [0.5, 0.6) is 0 Å². The van der Waals surface area contributed by atoms with Gasteiger partial charge in [0.15, 0.2) is 0 Å². The lowest BCUT2D eigenvalue weighted by atomic mass is 9.97. The number of hydrogen-bond donors (Lipinski definition) is 3. The molecule has 2 aliphatic rings. The number of rotatable bonds is 9. The number of para-hydroxylation sites is 1. The van der Waals surface area contributed by atoms with Crippen molar-refractivity contribution in [2.45, 2.75) is 57.7 Å². The molecule has 0 bridgehead atoms. The number of hydrogen-bond acceptors (Lipinski definition) is 6. The number of anilines is 1. The van der Waals surface area contributed by atoms with Crippen molar-refractivity contribution in [2.24, 2.45) is 0 Å². The predicted molar refractivity (Wildman–Crippen MR) is 151 cm³/mol. The third-order valence-corrected chi connectivity index (χ3v) is 7.47. The molecule has 1 aromatic heterocycles. The molecule has 5 amide bonds. The molecule has 10 nitrogen and oxygen atoms in total. The van der Waals surface area contributed by atoms with E-state index in [1.54, 1.807) is 18.5 Å². The van der Waals surface area contributed by atoms with Crippen LogP contribution in [0.1, 0.15) is 54.1 Å². The van der Waals surface area contributed by atoms with E-state index in [0.29, 0.717) is 36.9 Å². The molecular formula is C31H31N5O5. The molecule has 2 aliphatic heterocycles. The molecule has 3 N–H and O–H groups in total. The van der Waals surface area contributed by atoms with Crippen LogP contribution in [0, 0.1) is 0 Å². The summed E-state index contributed by atoms with van der Waals surface area (Å²) in [5.41, 5.74) is 4.66. The van der Waals surface area contributed by atoms with E-state index in [0.717, 1.165) is 22.3 Å². The monoisotopic (exact) mass is 553 g/mol. The molecule has 210 valence electrons. The number of carbonyl (C=O) groups is 5. The summed E-state index contributed by atoms with van der Waals surface area (Å²) >= 11 is 0. The van der Waals surface area contributed by atoms with Gasteiger partial charge in [-0.15, -0.1) is 0 Å². The van der Waals surface area contributed by atoms with Gasteiger partial charge in [0, 0.05) is 54.7 Å². The maximum Gasteiger partial charge on any atom is 0.255 e. The number of imide groups is 1. The molecule has 41 heavy (non-hydrogen) atoms. The van der Waals surface area contributed by atoms with Gasteiger partial charge in [0.2, 0.25) is 23.6 Å². The maximum absolute atomic E-state index is 13.3. The summed E-state index contributed by atoms with van der Waals surface area (Å²) < 4.78 is 0. The standard InChI is InChI=1S/C31H31N5O5/c1-19(37)33-26(29(39)34-25-12-3-2-10-22(25)21-9-6-16-32-17-21)13-5-8-20-7-4-11-23-24(20)18-36(31(23)41)27-14-15-28(38)35-30(27)40/h2-4,6-7,9-12,16-17,26-27H,5,8,13-15,18H2,1H3,(H,33,37)(H,34,39)(H,35,38,40)/t26-,27?/m0/s1. The van der Waals surface area contributed by atoms with Crippen molar-refractivity contribution in [1.29, 1.82) is 0 Å². The SMILES string of the molecule is CC(=O)N[C@@H](CCCc1cccc2c1CN(C1CCC(=O)NC1=O)C2=O)C(=O)Nc1ccccc1-c1cccnc1. The summed E-state index contributed by atoms with van der Waals surface area (Å²) in [5.74, 6) is -1.63. The Kier molecular flexibility index (Phi) is 8.19. The third-order valence-electron chi connectivity index (χ3n) is 7.47. The fraction of sp³-hybridized carbons (Fsp3) is 0.290. The fourth-order valence-corrected chi connectivity index (χ4v) is 5.48. The Labute approximate surface area is 237 Å². The molecule has 10 heteroatoms. The number of fused-ring (bicyclic) bond motifs is 1. The second kappa shape index (κ2) is 12.1. The first-order valence-corrected chi connectivity index (χ1v) is 13.6. The van der Waals surface area contributed by atoms with Crippen molar-refractivity contribution in [2.75, 3.05) is 5.32 Å². The van der Waals surface area contributed by atoms with Gasteiger partial charge < -0.3 is 15.5 Å². The number of piperidine rings is 1. The molecule has 1 unspecified atom stereocenters. The highest BCUT2D eigenvalue weighted by atomic mass is 16.2. The van der Waals surface area contributed by atoms with Crippen LogP contribution >= 0.6 is 0 Å². The molecular weight excluding hydrogens is 522 g/mol.